The first-order chi connectivity index (χ1) is 4.83. The molecule has 0 aromatic heterocycles. The summed E-state index contributed by atoms with van der Waals surface area (Å²) in [6.45, 7) is 11.1. The highest BCUT2D eigenvalue weighted by molar-refractivity contribution is 6.84. The van der Waals surface area contributed by atoms with E-state index in [1.54, 1.807) is 0 Å². The van der Waals surface area contributed by atoms with E-state index < -0.39 is 16.6 Å². The average molecular weight is 191 g/mol. The van der Waals surface area contributed by atoms with Crippen LogP contribution in [0.2, 0.25) is 32.2 Å². The van der Waals surface area contributed by atoms with E-state index in [1.807, 2.05) is 0 Å². The van der Waals surface area contributed by atoms with E-state index in [-0.39, 0.29) is 0 Å². The van der Waals surface area contributed by atoms with Crippen LogP contribution in [0, 0.1) is 0 Å². The van der Waals surface area contributed by atoms with Gasteiger partial charge in [0.25, 0.3) is 0 Å². The lowest BCUT2D eigenvalue weighted by Crippen LogP contribution is -2.49. The molecule has 0 heterocycles. The van der Waals surface area contributed by atoms with Gasteiger partial charge in [-0.25, -0.2) is 0 Å². The Bertz CT molecular complexity index is 118. The van der Waals surface area contributed by atoms with Crippen LogP contribution in [-0.4, -0.2) is 22.8 Å². The standard InChI is InChI=1S/C7H21NOSi2/c1-6-11(5,7-8)9-10(2,3)4/h6-8H2,1-5H3. The Hall–Kier alpha value is 0.354. The molecule has 4 heteroatoms. The summed E-state index contributed by atoms with van der Waals surface area (Å²) >= 11 is 0. The van der Waals surface area contributed by atoms with Gasteiger partial charge in [-0.1, -0.05) is 6.92 Å². The van der Waals surface area contributed by atoms with E-state index in [0.29, 0.717) is 0 Å². The number of rotatable bonds is 4. The minimum Gasteiger partial charge on any atom is -0.455 e. The summed E-state index contributed by atoms with van der Waals surface area (Å²) in [4.78, 5) is 0. The molecule has 0 amide bonds. The first kappa shape index (κ1) is 11.4. The SMILES string of the molecule is CC[Si](C)(CN)O[Si](C)(C)C. The fourth-order valence-electron chi connectivity index (χ4n) is 0.997. The molecule has 0 aromatic carbocycles. The quantitative estimate of drug-likeness (QED) is 0.689. The van der Waals surface area contributed by atoms with Crippen LogP contribution >= 0.6 is 0 Å². The van der Waals surface area contributed by atoms with Crippen LogP contribution in [0.4, 0.5) is 0 Å². The third kappa shape index (κ3) is 4.73. The molecule has 0 spiro atoms. The highest BCUT2D eigenvalue weighted by Crippen LogP contribution is 2.16. The zero-order chi connectivity index (χ0) is 9.12. The third-order valence-corrected chi connectivity index (χ3v) is 8.51. The van der Waals surface area contributed by atoms with E-state index in [2.05, 4.69) is 33.1 Å². The molecule has 0 aromatic rings. The topological polar surface area (TPSA) is 35.2 Å². The Morgan fingerprint density at radius 1 is 1.18 bits per heavy atom. The Kier molecular flexibility index (Phi) is 3.97. The van der Waals surface area contributed by atoms with Crippen molar-refractivity contribution in [3.05, 3.63) is 0 Å². The largest absolute Gasteiger partial charge is 0.455 e. The van der Waals surface area contributed by atoms with Gasteiger partial charge in [-0.05, 0) is 32.2 Å². The minimum atomic E-state index is -1.49. The fraction of sp³-hybridized carbons (Fsp3) is 1.00. The summed E-state index contributed by atoms with van der Waals surface area (Å²) in [6, 6.07) is 1.13. The van der Waals surface area contributed by atoms with Crippen LogP contribution in [-0.2, 0) is 4.12 Å². The highest BCUT2D eigenvalue weighted by Gasteiger charge is 2.30. The maximum atomic E-state index is 6.08. The lowest BCUT2D eigenvalue weighted by molar-refractivity contribution is 0.541. The predicted octanol–water partition coefficient (Wildman–Crippen LogP) is 1.93. The summed E-state index contributed by atoms with van der Waals surface area (Å²) in [6.07, 6.45) is 0.758. The smallest absolute Gasteiger partial charge is 0.189 e. The van der Waals surface area contributed by atoms with Gasteiger partial charge in [0.15, 0.2) is 16.6 Å². The van der Waals surface area contributed by atoms with Crippen LogP contribution < -0.4 is 5.73 Å². The van der Waals surface area contributed by atoms with Crippen molar-refractivity contribution in [3.63, 3.8) is 0 Å². The molecule has 0 aliphatic rings. The number of nitrogens with two attached hydrogens (primary N) is 1. The predicted molar refractivity (Wildman–Crippen MR) is 55.6 cm³/mol. The van der Waals surface area contributed by atoms with Crippen LogP contribution in [0.15, 0.2) is 0 Å². The Morgan fingerprint density at radius 3 is 1.73 bits per heavy atom. The molecule has 1 unspecified atom stereocenters. The molecule has 11 heavy (non-hydrogen) atoms. The van der Waals surface area contributed by atoms with Crippen molar-refractivity contribution >= 4 is 16.6 Å². The van der Waals surface area contributed by atoms with Gasteiger partial charge in [-0.2, -0.15) is 0 Å². The molecule has 0 aliphatic carbocycles. The summed E-state index contributed by atoms with van der Waals surface area (Å²) in [5, 5.41) is 0. The van der Waals surface area contributed by atoms with Crippen LogP contribution in [0.25, 0.3) is 0 Å². The van der Waals surface area contributed by atoms with Crippen molar-refractivity contribution < 1.29 is 4.12 Å². The molecular formula is C7H21NOSi2. The van der Waals surface area contributed by atoms with Gasteiger partial charge >= 0.3 is 0 Å². The summed E-state index contributed by atoms with van der Waals surface area (Å²) in [7, 11) is -2.85. The molecule has 0 radical (unpaired) electrons. The second kappa shape index (κ2) is 3.84. The van der Waals surface area contributed by atoms with Crippen molar-refractivity contribution in [1.82, 2.24) is 0 Å². The summed E-state index contributed by atoms with van der Waals surface area (Å²) in [5.41, 5.74) is 5.68. The van der Waals surface area contributed by atoms with Gasteiger partial charge in [-0.3, -0.25) is 0 Å². The normalized spacial score (nSPS) is 18.0. The zero-order valence-corrected chi connectivity index (χ0v) is 10.4. The number of hydrogen-bond acceptors (Lipinski definition) is 2. The second-order valence-electron chi connectivity index (χ2n) is 4.22. The van der Waals surface area contributed by atoms with Gasteiger partial charge < -0.3 is 9.85 Å². The van der Waals surface area contributed by atoms with E-state index in [0.717, 1.165) is 12.2 Å². The van der Waals surface area contributed by atoms with Gasteiger partial charge in [-0.15, -0.1) is 0 Å². The monoisotopic (exact) mass is 191 g/mol. The fourth-order valence-corrected chi connectivity index (χ4v) is 8.11. The first-order valence-electron chi connectivity index (χ1n) is 4.23. The molecule has 0 rings (SSSR count). The lowest BCUT2D eigenvalue weighted by Gasteiger charge is -2.32. The molecule has 0 saturated carbocycles. The highest BCUT2D eigenvalue weighted by atomic mass is 28.4. The molecule has 2 nitrogen and oxygen atoms in total. The molecule has 0 aliphatic heterocycles. The van der Waals surface area contributed by atoms with Crippen LogP contribution in [0.1, 0.15) is 6.92 Å². The second-order valence-corrected chi connectivity index (χ2v) is 13.3. The van der Waals surface area contributed by atoms with E-state index in [1.165, 1.54) is 0 Å². The molecule has 0 fully saturated rings. The van der Waals surface area contributed by atoms with Gasteiger partial charge in [0, 0.05) is 6.17 Å². The molecule has 0 saturated heterocycles. The maximum Gasteiger partial charge on any atom is 0.189 e. The Labute approximate surface area is 72.4 Å². The van der Waals surface area contributed by atoms with Crippen molar-refractivity contribution in [2.75, 3.05) is 6.17 Å². The molecule has 0 bridgehead atoms. The molecular weight excluding hydrogens is 170 g/mol. The van der Waals surface area contributed by atoms with Crippen molar-refractivity contribution in [2.24, 2.45) is 5.73 Å². The molecule has 2 N–H and O–H groups in total. The third-order valence-electron chi connectivity index (χ3n) is 1.73. The van der Waals surface area contributed by atoms with Gasteiger partial charge in [0.1, 0.15) is 0 Å². The zero-order valence-electron chi connectivity index (χ0n) is 8.40. The minimum absolute atomic E-state index is 0.758. The Balaban J connectivity index is 4.08. The van der Waals surface area contributed by atoms with Crippen LogP contribution in [0.3, 0.4) is 0 Å². The van der Waals surface area contributed by atoms with E-state index >= 15 is 0 Å². The van der Waals surface area contributed by atoms with Gasteiger partial charge in [0.2, 0.25) is 0 Å². The van der Waals surface area contributed by atoms with Crippen LogP contribution in [0.5, 0.6) is 0 Å². The summed E-state index contributed by atoms with van der Waals surface area (Å²) < 4.78 is 6.08. The molecule has 1 atom stereocenters. The van der Waals surface area contributed by atoms with Crippen molar-refractivity contribution in [1.29, 1.82) is 0 Å². The van der Waals surface area contributed by atoms with E-state index in [4.69, 9.17) is 9.85 Å². The first-order valence-corrected chi connectivity index (χ1v) is 10.5. The summed E-state index contributed by atoms with van der Waals surface area (Å²) in [5.74, 6) is 0. The molecule has 68 valence electrons. The van der Waals surface area contributed by atoms with Crippen molar-refractivity contribution in [2.45, 2.75) is 39.2 Å². The number of hydrogen-bond donors (Lipinski definition) is 1. The lowest BCUT2D eigenvalue weighted by atomic mass is 11.0. The van der Waals surface area contributed by atoms with Crippen molar-refractivity contribution in [3.8, 4) is 0 Å². The maximum absolute atomic E-state index is 6.08. The van der Waals surface area contributed by atoms with Gasteiger partial charge in [0.05, 0.1) is 0 Å². The van der Waals surface area contributed by atoms with E-state index in [9.17, 15) is 0 Å². The average Bonchev–Trinajstić information content (AvgIpc) is 1.84. The Morgan fingerprint density at radius 2 is 1.64 bits per heavy atom.